The molecule has 0 bridgehead atoms. The van der Waals surface area contributed by atoms with Gasteiger partial charge in [0.15, 0.2) is 0 Å². The van der Waals surface area contributed by atoms with Crippen LogP contribution in [0.5, 0.6) is 0 Å². The number of hydrogen-bond donors (Lipinski definition) is 2. The number of carbonyl (C=O) groups is 1. The van der Waals surface area contributed by atoms with Crippen molar-refractivity contribution in [3.8, 4) is 16.9 Å². The molecule has 0 aliphatic rings. The van der Waals surface area contributed by atoms with Crippen LogP contribution in [0.25, 0.3) is 16.9 Å². The van der Waals surface area contributed by atoms with Crippen molar-refractivity contribution >= 4 is 5.97 Å². The molecule has 2 N–H and O–H groups in total. The number of rotatable bonds is 8. The fourth-order valence-electron chi connectivity index (χ4n) is 2.95. The van der Waals surface area contributed by atoms with Crippen molar-refractivity contribution in [1.82, 2.24) is 15.1 Å². The van der Waals surface area contributed by atoms with Crippen molar-refractivity contribution in [1.29, 1.82) is 0 Å². The number of aromatic nitrogens is 2. The van der Waals surface area contributed by atoms with Crippen LogP contribution in [0, 0.1) is 18.2 Å². The summed E-state index contributed by atoms with van der Waals surface area (Å²) in [4.78, 5) is 11.3. The zero-order chi connectivity index (χ0) is 21.0. The fraction of sp³-hybridized carbons (Fsp3) is 0.304. The SMILES string of the molecule is Cc1ccc(-n2cc(CNCCC(C)(C)C(=O)O)c(-c3ccc(F)cc3)n2)cc1. The van der Waals surface area contributed by atoms with E-state index in [2.05, 4.69) is 5.32 Å². The average molecular weight is 395 g/mol. The van der Waals surface area contributed by atoms with Gasteiger partial charge in [0, 0.05) is 23.9 Å². The van der Waals surface area contributed by atoms with Crippen molar-refractivity contribution < 1.29 is 14.3 Å². The van der Waals surface area contributed by atoms with E-state index in [4.69, 9.17) is 5.10 Å². The monoisotopic (exact) mass is 395 g/mol. The highest BCUT2D eigenvalue weighted by Crippen LogP contribution is 2.25. The molecule has 3 rings (SSSR count). The predicted molar refractivity (Wildman–Crippen MR) is 111 cm³/mol. The second kappa shape index (κ2) is 8.57. The minimum Gasteiger partial charge on any atom is -0.481 e. The van der Waals surface area contributed by atoms with Gasteiger partial charge in [0.25, 0.3) is 0 Å². The van der Waals surface area contributed by atoms with E-state index in [0.29, 0.717) is 19.5 Å². The lowest BCUT2D eigenvalue weighted by Crippen LogP contribution is -2.28. The first-order valence-corrected chi connectivity index (χ1v) is 9.62. The number of carboxylic acids is 1. The molecular weight excluding hydrogens is 369 g/mol. The molecule has 0 aliphatic carbocycles. The summed E-state index contributed by atoms with van der Waals surface area (Å²) in [5.41, 5.74) is 3.90. The highest BCUT2D eigenvalue weighted by atomic mass is 19.1. The van der Waals surface area contributed by atoms with Crippen LogP contribution in [0.2, 0.25) is 0 Å². The van der Waals surface area contributed by atoms with Gasteiger partial charge in [0.1, 0.15) is 5.82 Å². The second-order valence-electron chi connectivity index (χ2n) is 7.91. The van der Waals surface area contributed by atoms with Gasteiger partial charge >= 0.3 is 5.97 Å². The van der Waals surface area contributed by atoms with Crippen molar-refractivity contribution in [2.75, 3.05) is 6.54 Å². The van der Waals surface area contributed by atoms with Crippen LogP contribution in [-0.4, -0.2) is 27.4 Å². The molecule has 1 aromatic heterocycles. The van der Waals surface area contributed by atoms with Crippen LogP contribution < -0.4 is 5.32 Å². The Morgan fingerprint density at radius 2 is 1.79 bits per heavy atom. The van der Waals surface area contributed by atoms with Crippen LogP contribution in [0.1, 0.15) is 31.4 Å². The summed E-state index contributed by atoms with van der Waals surface area (Å²) in [6.45, 7) is 6.57. The van der Waals surface area contributed by atoms with Gasteiger partial charge < -0.3 is 10.4 Å². The number of aryl methyl sites for hydroxylation is 1. The maximum Gasteiger partial charge on any atom is 0.309 e. The Morgan fingerprint density at radius 1 is 1.14 bits per heavy atom. The number of hydrogen-bond acceptors (Lipinski definition) is 3. The summed E-state index contributed by atoms with van der Waals surface area (Å²) in [7, 11) is 0. The third-order valence-corrected chi connectivity index (χ3v) is 5.03. The first-order valence-electron chi connectivity index (χ1n) is 9.62. The second-order valence-corrected chi connectivity index (χ2v) is 7.91. The Kier molecular flexibility index (Phi) is 6.13. The largest absolute Gasteiger partial charge is 0.481 e. The number of nitrogens with zero attached hydrogens (tertiary/aromatic N) is 2. The predicted octanol–water partition coefficient (Wildman–Crippen LogP) is 4.58. The Labute approximate surface area is 170 Å². The molecule has 5 nitrogen and oxygen atoms in total. The Bertz CT molecular complexity index is 976. The van der Waals surface area contributed by atoms with Crippen molar-refractivity contribution in [2.45, 2.75) is 33.7 Å². The van der Waals surface area contributed by atoms with E-state index >= 15 is 0 Å². The smallest absolute Gasteiger partial charge is 0.309 e. The van der Waals surface area contributed by atoms with Gasteiger partial charge in [-0.05, 0) is 70.1 Å². The zero-order valence-corrected chi connectivity index (χ0v) is 16.9. The lowest BCUT2D eigenvalue weighted by atomic mass is 9.90. The van der Waals surface area contributed by atoms with E-state index in [1.807, 2.05) is 42.1 Å². The van der Waals surface area contributed by atoms with Crippen LogP contribution >= 0.6 is 0 Å². The van der Waals surface area contributed by atoms with E-state index in [1.165, 1.54) is 17.7 Å². The van der Waals surface area contributed by atoms with Crippen LogP contribution in [0.3, 0.4) is 0 Å². The van der Waals surface area contributed by atoms with E-state index in [0.717, 1.165) is 22.5 Å². The van der Waals surface area contributed by atoms with Crippen molar-refractivity contribution in [3.05, 3.63) is 71.7 Å². The number of nitrogens with one attached hydrogen (secondary N) is 1. The van der Waals surface area contributed by atoms with E-state index < -0.39 is 11.4 Å². The summed E-state index contributed by atoms with van der Waals surface area (Å²) in [6, 6.07) is 14.3. The zero-order valence-electron chi connectivity index (χ0n) is 16.9. The Morgan fingerprint density at radius 3 is 2.41 bits per heavy atom. The molecule has 152 valence electrons. The molecule has 0 saturated carbocycles. The van der Waals surface area contributed by atoms with Crippen molar-refractivity contribution in [3.63, 3.8) is 0 Å². The minimum atomic E-state index is -0.807. The third-order valence-electron chi connectivity index (χ3n) is 5.03. The molecule has 0 spiro atoms. The quantitative estimate of drug-likeness (QED) is 0.548. The van der Waals surface area contributed by atoms with Crippen LogP contribution in [-0.2, 0) is 11.3 Å². The maximum absolute atomic E-state index is 13.4. The lowest BCUT2D eigenvalue weighted by molar-refractivity contribution is -0.147. The molecule has 29 heavy (non-hydrogen) atoms. The number of halogens is 1. The summed E-state index contributed by atoms with van der Waals surface area (Å²) >= 11 is 0. The third kappa shape index (κ3) is 5.09. The van der Waals surface area contributed by atoms with Gasteiger partial charge in [0.05, 0.1) is 16.8 Å². The van der Waals surface area contributed by atoms with Gasteiger partial charge in [-0.25, -0.2) is 9.07 Å². The maximum atomic E-state index is 13.4. The highest BCUT2D eigenvalue weighted by Gasteiger charge is 2.26. The molecule has 0 atom stereocenters. The summed E-state index contributed by atoms with van der Waals surface area (Å²) < 4.78 is 15.2. The molecule has 0 fully saturated rings. The van der Waals surface area contributed by atoms with E-state index in [-0.39, 0.29) is 5.82 Å². The number of carboxylic acid groups (broad SMARTS) is 1. The fourth-order valence-corrected chi connectivity index (χ4v) is 2.95. The molecule has 2 aromatic carbocycles. The summed E-state index contributed by atoms with van der Waals surface area (Å²) in [5, 5.41) is 17.3. The first-order chi connectivity index (χ1) is 13.8. The molecule has 1 heterocycles. The van der Waals surface area contributed by atoms with Gasteiger partial charge in [-0.15, -0.1) is 0 Å². The molecule has 6 heteroatoms. The molecule has 3 aromatic rings. The van der Waals surface area contributed by atoms with Gasteiger partial charge in [-0.3, -0.25) is 4.79 Å². The Balaban J connectivity index is 1.83. The van der Waals surface area contributed by atoms with Gasteiger partial charge in [0.2, 0.25) is 0 Å². The normalized spacial score (nSPS) is 11.6. The number of aliphatic carboxylic acids is 1. The van der Waals surface area contributed by atoms with Crippen LogP contribution in [0.4, 0.5) is 4.39 Å². The minimum absolute atomic E-state index is 0.290. The standard InChI is InChI=1S/C23H26FN3O2/c1-16-4-10-20(11-5-16)27-15-18(14-25-13-12-23(2,3)22(28)29)21(26-27)17-6-8-19(24)9-7-17/h4-11,15,25H,12-14H2,1-3H3,(H,28,29). The topological polar surface area (TPSA) is 67.2 Å². The first kappa shape index (κ1) is 20.7. The van der Waals surface area contributed by atoms with E-state index in [9.17, 15) is 14.3 Å². The van der Waals surface area contributed by atoms with Gasteiger partial charge in [-0.1, -0.05) is 17.7 Å². The molecule has 0 aliphatic heterocycles. The summed E-state index contributed by atoms with van der Waals surface area (Å²) in [5.74, 6) is -1.10. The van der Waals surface area contributed by atoms with E-state index in [1.54, 1.807) is 26.0 Å². The number of benzene rings is 2. The van der Waals surface area contributed by atoms with Gasteiger partial charge in [-0.2, -0.15) is 5.10 Å². The molecular formula is C23H26FN3O2. The lowest BCUT2D eigenvalue weighted by Gasteiger charge is -2.18. The average Bonchev–Trinajstić information content (AvgIpc) is 3.10. The van der Waals surface area contributed by atoms with Crippen LogP contribution in [0.15, 0.2) is 54.7 Å². The summed E-state index contributed by atoms with van der Waals surface area (Å²) in [6.07, 6.45) is 2.47. The molecule has 0 amide bonds. The molecule has 0 radical (unpaired) electrons. The molecule has 0 unspecified atom stereocenters. The molecule has 0 saturated heterocycles. The Hall–Kier alpha value is -2.99. The van der Waals surface area contributed by atoms with Crippen molar-refractivity contribution in [2.24, 2.45) is 5.41 Å². The highest BCUT2D eigenvalue weighted by molar-refractivity contribution is 5.73.